The molecule has 7 heteroatoms. The number of rotatable bonds is 5. The maximum Gasteiger partial charge on any atom is 0.130 e. The Labute approximate surface area is 166 Å². The molecule has 0 fully saturated rings. The molecule has 0 spiro atoms. The Hall–Kier alpha value is -1.53. The summed E-state index contributed by atoms with van der Waals surface area (Å²) in [5.41, 5.74) is 3.12. The van der Waals surface area contributed by atoms with Crippen molar-refractivity contribution < 1.29 is 4.84 Å². The molecule has 0 saturated carbocycles. The van der Waals surface area contributed by atoms with E-state index < -0.39 is 0 Å². The lowest BCUT2D eigenvalue weighted by Crippen LogP contribution is -1.94. The molecule has 0 aliphatic heterocycles. The van der Waals surface area contributed by atoms with Gasteiger partial charge in [0.15, 0.2) is 0 Å². The van der Waals surface area contributed by atoms with Crippen LogP contribution in [0.4, 0.5) is 0 Å². The highest BCUT2D eigenvalue weighted by Crippen LogP contribution is 2.09. The minimum atomic E-state index is 0.372. The summed E-state index contributed by atoms with van der Waals surface area (Å²) in [6.45, 7) is 12.6. The molecular formula is C19H31ClN4OS. The summed E-state index contributed by atoms with van der Waals surface area (Å²) >= 11 is 7.26. The first kappa shape index (κ1) is 24.5. The van der Waals surface area contributed by atoms with Gasteiger partial charge in [-0.3, -0.25) is 0 Å². The van der Waals surface area contributed by atoms with Gasteiger partial charge in [0.05, 0.1) is 16.2 Å². The van der Waals surface area contributed by atoms with Gasteiger partial charge in [-0.25, -0.2) is 15.0 Å². The van der Waals surface area contributed by atoms with E-state index in [1.165, 1.54) is 5.69 Å². The summed E-state index contributed by atoms with van der Waals surface area (Å²) < 4.78 is 0. The van der Waals surface area contributed by atoms with Crippen molar-refractivity contribution >= 4 is 29.2 Å². The second-order valence-corrected chi connectivity index (χ2v) is 7.83. The second-order valence-electron chi connectivity index (χ2n) is 6.67. The maximum absolute atomic E-state index is 5.59. The average Bonchev–Trinajstić information content (AvgIpc) is 3.06. The van der Waals surface area contributed by atoms with Crippen molar-refractivity contribution in [1.29, 1.82) is 0 Å². The fourth-order valence-corrected chi connectivity index (χ4v) is 2.23. The molecule has 0 aliphatic rings. The lowest BCUT2D eigenvalue weighted by Gasteiger charge is -2.00. The molecule has 146 valence electrons. The highest BCUT2D eigenvalue weighted by Gasteiger charge is 2.00. The first-order valence-electron chi connectivity index (χ1n) is 8.67. The monoisotopic (exact) mass is 398 g/mol. The lowest BCUT2D eigenvalue weighted by atomic mass is 10.1. The second kappa shape index (κ2) is 14.6. The summed E-state index contributed by atoms with van der Waals surface area (Å²) in [6, 6.07) is 0. The minimum absolute atomic E-state index is 0.372. The van der Waals surface area contributed by atoms with Crippen LogP contribution in [0.3, 0.4) is 0 Å². The summed E-state index contributed by atoms with van der Waals surface area (Å²) in [5.74, 6) is 2.42. The zero-order chi connectivity index (χ0) is 19.9. The molecule has 2 aromatic rings. The fraction of sp³-hybridized carbons (Fsp3) is 0.579. The molecule has 0 N–H and O–H groups in total. The number of thiazole rings is 1. The number of oxime groups is 1. The van der Waals surface area contributed by atoms with Crippen LogP contribution in [0.1, 0.15) is 59.0 Å². The van der Waals surface area contributed by atoms with Crippen LogP contribution in [0, 0.1) is 11.8 Å². The van der Waals surface area contributed by atoms with Crippen molar-refractivity contribution in [2.75, 3.05) is 7.11 Å². The predicted molar refractivity (Wildman–Crippen MR) is 112 cm³/mol. The number of nitrogens with zero attached hydrogens (tertiary/aromatic N) is 4. The highest BCUT2D eigenvalue weighted by molar-refractivity contribution is 7.07. The Morgan fingerprint density at radius 3 is 2.08 bits per heavy atom. The van der Waals surface area contributed by atoms with Crippen LogP contribution in [0.2, 0.25) is 5.02 Å². The third kappa shape index (κ3) is 13.7. The number of hydrogen-bond donors (Lipinski definition) is 0. The van der Waals surface area contributed by atoms with Gasteiger partial charge in [-0.2, -0.15) is 0 Å². The molecule has 5 nitrogen and oxygen atoms in total. The zero-order valence-corrected chi connectivity index (χ0v) is 18.4. The quantitative estimate of drug-likeness (QED) is 0.466. The normalized spacial score (nSPS) is 10.6. The molecule has 0 bridgehead atoms. The predicted octanol–water partition coefficient (Wildman–Crippen LogP) is 5.87. The van der Waals surface area contributed by atoms with Crippen LogP contribution in [-0.2, 0) is 11.3 Å². The van der Waals surface area contributed by atoms with Crippen molar-refractivity contribution in [3.8, 4) is 0 Å². The van der Waals surface area contributed by atoms with Gasteiger partial charge < -0.3 is 4.84 Å². The van der Waals surface area contributed by atoms with Gasteiger partial charge in [-0.05, 0) is 18.3 Å². The van der Waals surface area contributed by atoms with Gasteiger partial charge in [-0.15, -0.1) is 11.3 Å². The van der Waals surface area contributed by atoms with Gasteiger partial charge >= 0.3 is 0 Å². The molecule has 2 heterocycles. The van der Waals surface area contributed by atoms with E-state index >= 15 is 0 Å². The van der Waals surface area contributed by atoms with E-state index in [0.29, 0.717) is 16.9 Å². The lowest BCUT2D eigenvalue weighted by molar-refractivity contribution is 0.213. The average molecular weight is 399 g/mol. The molecule has 0 amide bonds. The number of hydrogen-bond acceptors (Lipinski definition) is 6. The van der Waals surface area contributed by atoms with Crippen LogP contribution in [0.15, 0.2) is 28.4 Å². The zero-order valence-electron chi connectivity index (χ0n) is 16.8. The van der Waals surface area contributed by atoms with Gasteiger partial charge in [0.25, 0.3) is 0 Å². The van der Waals surface area contributed by atoms with E-state index in [4.69, 9.17) is 11.6 Å². The largest absolute Gasteiger partial charge is 0.399 e. The topological polar surface area (TPSA) is 60.3 Å². The molecule has 0 unspecified atom stereocenters. The van der Waals surface area contributed by atoms with E-state index in [-0.39, 0.29) is 0 Å². The molecule has 0 saturated heterocycles. The maximum atomic E-state index is 5.59. The Bertz CT molecular complexity index is 584. The molecule has 0 atom stereocenters. The standard InChI is InChI=1S/C7H9ClN2.C7H11NS.C5H11NO/c1-5(2)7-9-3-6(8)4-10-7;1-6(2)3-7-4-9-5-8-7;1-5(2)4-6-7-3/h3-5H,1-2H3;4-6H,3H2,1-2H3;4-5H,1-3H3. The fourth-order valence-electron chi connectivity index (χ4n) is 1.56. The molecule has 26 heavy (non-hydrogen) atoms. The van der Waals surface area contributed by atoms with E-state index in [9.17, 15) is 0 Å². The smallest absolute Gasteiger partial charge is 0.130 e. The van der Waals surface area contributed by atoms with Crippen LogP contribution in [0.5, 0.6) is 0 Å². The van der Waals surface area contributed by atoms with E-state index in [1.807, 2.05) is 33.2 Å². The third-order valence-corrected chi connectivity index (χ3v) is 3.55. The number of halogens is 1. The summed E-state index contributed by atoms with van der Waals surface area (Å²) in [5, 5.41) is 6.24. The Kier molecular flexibility index (Phi) is 13.8. The Balaban J connectivity index is 0.000000368. The van der Waals surface area contributed by atoms with Gasteiger partial charge in [0, 0.05) is 29.9 Å². The number of aromatic nitrogens is 3. The minimum Gasteiger partial charge on any atom is -0.399 e. The molecular weight excluding hydrogens is 368 g/mol. The van der Waals surface area contributed by atoms with Crippen LogP contribution < -0.4 is 0 Å². The van der Waals surface area contributed by atoms with E-state index in [2.05, 4.69) is 44.2 Å². The van der Waals surface area contributed by atoms with E-state index in [0.717, 1.165) is 18.2 Å². The molecule has 0 aliphatic carbocycles. The first-order chi connectivity index (χ1) is 12.3. The SMILES string of the molecule is CC(C)Cc1cscn1.CC(C)c1ncc(Cl)cn1.CON=CC(C)C. The summed E-state index contributed by atoms with van der Waals surface area (Å²) in [6.07, 6.45) is 6.09. The first-order valence-corrected chi connectivity index (χ1v) is 9.99. The van der Waals surface area contributed by atoms with Crippen molar-refractivity contribution in [2.45, 2.75) is 53.9 Å². The van der Waals surface area contributed by atoms with Crippen molar-refractivity contribution in [1.82, 2.24) is 15.0 Å². The van der Waals surface area contributed by atoms with Crippen molar-refractivity contribution in [3.05, 3.63) is 39.8 Å². The van der Waals surface area contributed by atoms with Crippen LogP contribution >= 0.6 is 22.9 Å². The van der Waals surface area contributed by atoms with Gasteiger partial charge in [0.1, 0.15) is 12.9 Å². The van der Waals surface area contributed by atoms with Crippen LogP contribution in [-0.4, -0.2) is 28.3 Å². The Morgan fingerprint density at radius 2 is 1.73 bits per heavy atom. The van der Waals surface area contributed by atoms with Crippen molar-refractivity contribution in [2.24, 2.45) is 17.0 Å². The van der Waals surface area contributed by atoms with Crippen molar-refractivity contribution in [3.63, 3.8) is 0 Å². The summed E-state index contributed by atoms with van der Waals surface area (Å²) in [4.78, 5) is 16.7. The highest BCUT2D eigenvalue weighted by atomic mass is 35.5. The van der Waals surface area contributed by atoms with Gasteiger partial charge in [0.2, 0.25) is 0 Å². The molecule has 0 radical (unpaired) electrons. The molecule has 0 aromatic carbocycles. The molecule has 2 aromatic heterocycles. The summed E-state index contributed by atoms with van der Waals surface area (Å²) in [7, 11) is 1.54. The Morgan fingerprint density at radius 1 is 1.12 bits per heavy atom. The van der Waals surface area contributed by atoms with Crippen LogP contribution in [0.25, 0.3) is 0 Å². The third-order valence-electron chi connectivity index (χ3n) is 2.72. The van der Waals surface area contributed by atoms with Gasteiger partial charge in [-0.1, -0.05) is 58.3 Å². The van der Waals surface area contributed by atoms with E-state index in [1.54, 1.807) is 37.1 Å². The molecule has 2 rings (SSSR count).